The molecule has 30 heavy (non-hydrogen) atoms. The molecule has 154 valence electrons. The van der Waals surface area contributed by atoms with Gasteiger partial charge in [-0.05, 0) is 54.7 Å². The molecule has 0 atom stereocenters. The number of aryl methyl sites for hydroxylation is 2. The van der Waals surface area contributed by atoms with Crippen molar-refractivity contribution in [3.05, 3.63) is 59.2 Å². The van der Waals surface area contributed by atoms with E-state index in [-0.39, 0.29) is 0 Å². The minimum atomic E-state index is 0.486. The van der Waals surface area contributed by atoms with Crippen LogP contribution in [0.5, 0.6) is 0 Å². The predicted molar refractivity (Wildman–Crippen MR) is 124 cm³/mol. The van der Waals surface area contributed by atoms with Crippen LogP contribution < -0.4 is 9.80 Å². The maximum atomic E-state index is 6.06. The Morgan fingerprint density at radius 2 is 1.63 bits per heavy atom. The third-order valence-electron chi connectivity index (χ3n) is 6.18. The monoisotopic (exact) mass is 400 g/mol. The van der Waals surface area contributed by atoms with Crippen molar-refractivity contribution in [3.8, 4) is 0 Å². The van der Waals surface area contributed by atoms with Gasteiger partial charge in [0, 0.05) is 31.6 Å². The number of nitrogens with zero attached hydrogens (tertiary/aromatic N) is 4. The van der Waals surface area contributed by atoms with Gasteiger partial charge in [0.25, 0.3) is 6.01 Å². The molecule has 0 radical (unpaired) electrons. The van der Waals surface area contributed by atoms with Gasteiger partial charge in [0.1, 0.15) is 11.3 Å². The minimum Gasteiger partial charge on any atom is -0.423 e. The zero-order chi connectivity index (χ0) is 20.8. The molecule has 5 rings (SSSR count). The second-order valence-corrected chi connectivity index (χ2v) is 8.62. The Hall–Kier alpha value is -3.08. The van der Waals surface area contributed by atoms with Crippen molar-refractivity contribution in [2.45, 2.75) is 33.6 Å². The fraction of sp³-hybridized carbons (Fsp3) is 0.360. The van der Waals surface area contributed by atoms with Crippen LogP contribution in [0.1, 0.15) is 36.5 Å². The molecule has 0 N–H and O–H groups in total. The molecule has 1 saturated heterocycles. The van der Waals surface area contributed by atoms with Crippen LogP contribution in [0.15, 0.2) is 46.9 Å². The first-order valence-electron chi connectivity index (χ1n) is 10.8. The van der Waals surface area contributed by atoms with Crippen molar-refractivity contribution in [2.24, 2.45) is 0 Å². The first kappa shape index (κ1) is 18.9. The molecular formula is C25H28N4O. The van der Waals surface area contributed by atoms with Crippen molar-refractivity contribution in [3.63, 3.8) is 0 Å². The molecule has 2 aromatic heterocycles. The van der Waals surface area contributed by atoms with Crippen molar-refractivity contribution in [1.29, 1.82) is 0 Å². The summed E-state index contributed by atoms with van der Waals surface area (Å²) in [6, 6.07) is 15.7. The van der Waals surface area contributed by atoms with E-state index in [1.54, 1.807) is 0 Å². The van der Waals surface area contributed by atoms with Crippen LogP contribution in [0.3, 0.4) is 0 Å². The highest BCUT2D eigenvalue weighted by Crippen LogP contribution is 2.28. The van der Waals surface area contributed by atoms with E-state index in [2.05, 4.69) is 73.9 Å². The van der Waals surface area contributed by atoms with E-state index >= 15 is 0 Å². The summed E-state index contributed by atoms with van der Waals surface area (Å²) in [7, 11) is 0. The summed E-state index contributed by atoms with van der Waals surface area (Å²) in [6.07, 6.45) is 0. The van der Waals surface area contributed by atoms with E-state index < -0.39 is 0 Å². The number of benzene rings is 2. The Bertz CT molecular complexity index is 1220. The summed E-state index contributed by atoms with van der Waals surface area (Å²) in [6.45, 7) is 12.3. The fourth-order valence-corrected chi connectivity index (χ4v) is 4.26. The first-order chi connectivity index (χ1) is 14.5. The predicted octanol–water partition coefficient (Wildman–Crippen LogP) is 5.44. The number of aromatic nitrogens is 2. The zero-order valence-corrected chi connectivity index (χ0v) is 18.1. The molecule has 1 aliphatic heterocycles. The van der Waals surface area contributed by atoms with Crippen LogP contribution in [0.2, 0.25) is 0 Å². The van der Waals surface area contributed by atoms with Crippen LogP contribution in [0.25, 0.3) is 22.0 Å². The number of rotatable bonds is 3. The molecule has 1 fully saturated rings. The van der Waals surface area contributed by atoms with E-state index in [1.807, 2.05) is 6.07 Å². The zero-order valence-electron chi connectivity index (χ0n) is 18.1. The molecule has 5 heteroatoms. The first-order valence-corrected chi connectivity index (χ1v) is 10.8. The Labute approximate surface area is 177 Å². The summed E-state index contributed by atoms with van der Waals surface area (Å²) in [5.41, 5.74) is 6.71. The molecule has 0 bridgehead atoms. The van der Waals surface area contributed by atoms with Gasteiger partial charge < -0.3 is 14.2 Å². The highest BCUT2D eigenvalue weighted by molar-refractivity contribution is 5.86. The lowest BCUT2D eigenvalue weighted by atomic mass is 10.0. The number of oxazole rings is 1. The number of anilines is 2. The van der Waals surface area contributed by atoms with Gasteiger partial charge in [-0.1, -0.05) is 38.1 Å². The van der Waals surface area contributed by atoms with Gasteiger partial charge in [-0.15, -0.1) is 0 Å². The summed E-state index contributed by atoms with van der Waals surface area (Å²) >= 11 is 0. The Morgan fingerprint density at radius 1 is 0.867 bits per heavy atom. The van der Waals surface area contributed by atoms with Gasteiger partial charge >= 0.3 is 0 Å². The topological polar surface area (TPSA) is 45.4 Å². The Morgan fingerprint density at radius 3 is 2.40 bits per heavy atom. The Balaban J connectivity index is 1.36. The third kappa shape index (κ3) is 3.28. The van der Waals surface area contributed by atoms with Crippen molar-refractivity contribution in [2.75, 3.05) is 36.0 Å². The number of hydrogen-bond donors (Lipinski definition) is 0. The molecule has 0 saturated carbocycles. The largest absolute Gasteiger partial charge is 0.423 e. The molecule has 0 spiro atoms. The average molecular weight is 401 g/mol. The number of fused-ring (bicyclic) bond motifs is 2. The summed E-state index contributed by atoms with van der Waals surface area (Å²) in [4.78, 5) is 14.4. The van der Waals surface area contributed by atoms with E-state index in [1.165, 1.54) is 22.1 Å². The van der Waals surface area contributed by atoms with Crippen molar-refractivity contribution < 1.29 is 4.42 Å². The van der Waals surface area contributed by atoms with Crippen LogP contribution in [0.4, 0.5) is 11.8 Å². The normalized spacial score (nSPS) is 15.0. The van der Waals surface area contributed by atoms with Crippen molar-refractivity contribution in [1.82, 2.24) is 9.97 Å². The van der Waals surface area contributed by atoms with Crippen LogP contribution >= 0.6 is 0 Å². The highest BCUT2D eigenvalue weighted by Gasteiger charge is 2.23. The quantitative estimate of drug-likeness (QED) is 0.458. The fourth-order valence-electron chi connectivity index (χ4n) is 4.26. The third-order valence-corrected chi connectivity index (χ3v) is 6.18. The maximum Gasteiger partial charge on any atom is 0.298 e. The van der Waals surface area contributed by atoms with Gasteiger partial charge in [0.15, 0.2) is 5.58 Å². The number of para-hydroxylation sites is 1. The van der Waals surface area contributed by atoms with Gasteiger partial charge in [0.2, 0.25) is 0 Å². The van der Waals surface area contributed by atoms with Gasteiger partial charge in [0.05, 0.1) is 5.52 Å². The average Bonchev–Trinajstić information content (AvgIpc) is 3.18. The SMILES string of the molecule is Cc1cc(N2CCN(c3nc4cc(C(C)C)ccc4o3)CC2)nc2c(C)cccc12. The molecule has 0 aliphatic carbocycles. The molecule has 2 aromatic carbocycles. The van der Waals surface area contributed by atoms with Crippen LogP contribution in [-0.2, 0) is 0 Å². The van der Waals surface area contributed by atoms with E-state index in [0.717, 1.165) is 54.6 Å². The molecular weight excluding hydrogens is 372 g/mol. The summed E-state index contributed by atoms with van der Waals surface area (Å²) in [5.74, 6) is 1.55. The lowest BCUT2D eigenvalue weighted by Crippen LogP contribution is -2.47. The van der Waals surface area contributed by atoms with E-state index in [4.69, 9.17) is 14.4 Å². The van der Waals surface area contributed by atoms with Gasteiger partial charge in [-0.2, -0.15) is 4.98 Å². The van der Waals surface area contributed by atoms with Crippen LogP contribution in [0, 0.1) is 13.8 Å². The van der Waals surface area contributed by atoms with Crippen molar-refractivity contribution >= 4 is 33.8 Å². The minimum absolute atomic E-state index is 0.486. The molecule has 0 amide bonds. The van der Waals surface area contributed by atoms with E-state index in [0.29, 0.717) is 5.92 Å². The van der Waals surface area contributed by atoms with Gasteiger partial charge in [-0.25, -0.2) is 4.98 Å². The number of pyridine rings is 1. The highest BCUT2D eigenvalue weighted by atomic mass is 16.4. The maximum absolute atomic E-state index is 6.06. The molecule has 5 nitrogen and oxygen atoms in total. The van der Waals surface area contributed by atoms with E-state index in [9.17, 15) is 0 Å². The second kappa shape index (κ2) is 7.31. The van der Waals surface area contributed by atoms with Gasteiger partial charge in [-0.3, -0.25) is 0 Å². The number of hydrogen-bond acceptors (Lipinski definition) is 5. The Kier molecular flexibility index (Phi) is 4.61. The second-order valence-electron chi connectivity index (χ2n) is 8.62. The van der Waals surface area contributed by atoms with Crippen LogP contribution in [-0.4, -0.2) is 36.1 Å². The standard InChI is InChI=1S/C25H28N4O/c1-16(2)19-8-9-22-21(15-19)26-25(30-22)29-12-10-28(11-13-29)23-14-18(4)20-7-5-6-17(3)24(20)27-23/h5-9,14-16H,10-13H2,1-4H3. The lowest BCUT2D eigenvalue weighted by molar-refractivity contribution is 0.540. The molecule has 1 aliphatic rings. The molecule has 3 heterocycles. The smallest absolute Gasteiger partial charge is 0.298 e. The molecule has 4 aromatic rings. The molecule has 0 unspecified atom stereocenters. The summed E-state index contributed by atoms with van der Waals surface area (Å²) in [5, 5.41) is 1.24. The number of piperazine rings is 1. The summed E-state index contributed by atoms with van der Waals surface area (Å²) < 4.78 is 6.06. The lowest BCUT2D eigenvalue weighted by Gasteiger charge is -2.34.